The van der Waals surface area contributed by atoms with E-state index in [0.717, 1.165) is 5.92 Å². The minimum Gasteiger partial charge on any atom is -0.354 e. The molecule has 2 heteroatoms. The topological polar surface area (TPSA) is 15.3 Å². The Kier molecular flexibility index (Phi) is 7.88. The molecule has 0 aliphatic carbocycles. The van der Waals surface area contributed by atoms with Gasteiger partial charge in [-0.15, -0.1) is 0 Å². The van der Waals surface area contributed by atoms with Gasteiger partial charge in [-0.05, 0) is 49.8 Å². The summed E-state index contributed by atoms with van der Waals surface area (Å²) >= 11 is 0. The van der Waals surface area contributed by atoms with Crippen LogP contribution in [0, 0.1) is 11.8 Å². The molecule has 110 valence electrons. The Morgan fingerprint density at radius 1 is 1.32 bits per heavy atom. The lowest BCUT2D eigenvalue weighted by molar-refractivity contribution is 0.305. The van der Waals surface area contributed by atoms with Crippen LogP contribution in [-0.2, 0) is 0 Å². The van der Waals surface area contributed by atoms with Crippen molar-refractivity contribution < 1.29 is 0 Å². The molecule has 0 spiro atoms. The van der Waals surface area contributed by atoms with Crippen molar-refractivity contribution in [2.75, 3.05) is 19.6 Å². The van der Waals surface area contributed by atoms with Crippen molar-refractivity contribution in [1.82, 2.24) is 10.2 Å². The number of piperidine rings is 1. The van der Waals surface area contributed by atoms with Gasteiger partial charge in [-0.1, -0.05) is 40.2 Å². The van der Waals surface area contributed by atoms with Gasteiger partial charge in [0.15, 0.2) is 0 Å². The summed E-state index contributed by atoms with van der Waals surface area (Å²) in [6.07, 6.45) is 12.1. The zero-order valence-corrected chi connectivity index (χ0v) is 13.3. The van der Waals surface area contributed by atoms with Gasteiger partial charge in [-0.25, -0.2) is 0 Å². The van der Waals surface area contributed by atoms with Gasteiger partial charge in [0.1, 0.15) is 0 Å². The first-order chi connectivity index (χ1) is 9.21. The number of rotatable bonds is 3. The average Bonchev–Trinajstić information content (AvgIpc) is 2.43. The van der Waals surface area contributed by atoms with Crippen molar-refractivity contribution in [1.29, 1.82) is 0 Å². The summed E-state index contributed by atoms with van der Waals surface area (Å²) < 4.78 is 0. The van der Waals surface area contributed by atoms with Crippen molar-refractivity contribution in [3.63, 3.8) is 0 Å². The summed E-state index contributed by atoms with van der Waals surface area (Å²) in [6, 6.07) is 0. The molecule has 2 atom stereocenters. The molecule has 0 bridgehead atoms. The van der Waals surface area contributed by atoms with E-state index in [4.69, 9.17) is 0 Å². The summed E-state index contributed by atoms with van der Waals surface area (Å²) in [5.74, 6) is 1.45. The number of hydrogen-bond donors (Lipinski definition) is 1. The molecule has 2 heterocycles. The molecule has 0 aromatic carbocycles. The first-order valence-electron chi connectivity index (χ1n) is 8.06. The zero-order chi connectivity index (χ0) is 14.1. The largest absolute Gasteiger partial charge is 0.354 e. The van der Waals surface area contributed by atoms with Gasteiger partial charge >= 0.3 is 0 Å². The molecular formula is C17H32N2. The minimum absolute atomic E-state index is 0.630. The number of nitrogens with one attached hydrogen (secondary N) is 1. The van der Waals surface area contributed by atoms with Crippen LogP contribution >= 0.6 is 0 Å². The maximum atomic E-state index is 3.49. The Bertz CT molecular complexity index is 288. The first-order valence-corrected chi connectivity index (χ1v) is 8.06. The fourth-order valence-electron chi connectivity index (χ4n) is 2.64. The lowest BCUT2D eigenvalue weighted by Crippen LogP contribution is -2.35. The van der Waals surface area contributed by atoms with Gasteiger partial charge in [0.2, 0.25) is 0 Å². The third kappa shape index (κ3) is 5.82. The number of nitrogens with zero attached hydrogens (tertiary/aromatic N) is 1. The van der Waals surface area contributed by atoms with Crippen molar-refractivity contribution in [2.24, 2.45) is 11.8 Å². The second kappa shape index (κ2) is 9.19. The van der Waals surface area contributed by atoms with Crippen LogP contribution in [0.3, 0.4) is 0 Å². The van der Waals surface area contributed by atoms with E-state index in [1.807, 2.05) is 0 Å². The predicted octanol–water partition coefficient (Wildman–Crippen LogP) is 4.16. The Labute approximate surface area is 120 Å². The summed E-state index contributed by atoms with van der Waals surface area (Å²) in [5.41, 5.74) is 1.56. The fourth-order valence-corrected chi connectivity index (χ4v) is 2.64. The smallest absolute Gasteiger partial charge is 0.0259 e. The molecule has 19 heavy (non-hydrogen) atoms. The maximum Gasteiger partial charge on any atom is 0.0259 e. The summed E-state index contributed by atoms with van der Waals surface area (Å²) in [5, 5.41) is 3.49. The SMILES string of the molecule is CCC.CCC1=CN(C[C@@H]2CCCNC2)C=CC1C. The normalized spacial score (nSPS) is 26.5. The van der Waals surface area contributed by atoms with Crippen LogP contribution in [0.1, 0.15) is 53.4 Å². The van der Waals surface area contributed by atoms with Crippen molar-refractivity contribution in [3.05, 3.63) is 24.0 Å². The monoisotopic (exact) mass is 264 g/mol. The van der Waals surface area contributed by atoms with Crippen molar-refractivity contribution >= 4 is 0 Å². The first kappa shape index (κ1) is 16.3. The minimum atomic E-state index is 0.630. The van der Waals surface area contributed by atoms with Gasteiger partial charge in [0, 0.05) is 18.9 Å². The van der Waals surface area contributed by atoms with Gasteiger partial charge in [-0.2, -0.15) is 0 Å². The van der Waals surface area contributed by atoms with E-state index < -0.39 is 0 Å². The molecule has 0 aromatic heterocycles. The van der Waals surface area contributed by atoms with E-state index >= 15 is 0 Å². The second-order valence-electron chi connectivity index (χ2n) is 5.80. The molecule has 1 saturated heterocycles. The predicted molar refractivity (Wildman–Crippen MR) is 84.9 cm³/mol. The van der Waals surface area contributed by atoms with Crippen LogP contribution < -0.4 is 5.32 Å². The van der Waals surface area contributed by atoms with Crippen LogP contribution in [0.25, 0.3) is 0 Å². The summed E-state index contributed by atoms with van der Waals surface area (Å²) in [6.45, 7) is 12.4. The van der Waals surface area contributed by atoms with Crippen molar-refractivity contribution in [3.8, 4) is 0 Å². The molecule has 1 fully saturated rings. The number of allylic oxidation sites excluding steroid dienone is 2. The summed E-state index contributed by atoms with van der Waals surface area (Å²) in [7, 11) is 0. The molecule has 2 aliphatic rings. The summed E-state index contributed by atoms with van der Waals surface area (Å²) in [4.78, 5) is 2.39. The van der Waals surface area contributed by atoms with Gasteiger partial charge in [-0.3, -0.25) is 0 Å². The van der Waals surface area contributed by atoms with Gasteiger partial charge in [0.25, 0.3) is 0 Å². The third-order valence-electron chi connectivity index (χ3n) is 3.76. The molecule has 2 rings (SSSR count). The van der Waals surface area contributed by atoms with E-state index in [1.54, 1.807) is 5.57 Å². The average molecular weight is 264 g/mol. The van der Waals surface area contributed by atoms with Crippen LogP contribution in [0.4, 0.5) is 0 Å². The molecule has 2 nitrogen and oxygen atoms in total. The molecule has 1 unspecified atom stereocenters. The van der Waals surface area contributed by atoms with Crippen LogP contribution in [0.5, 0.6) is 0 Å². The zero-order valence-electron chi connectivity index (χ0n) is 13.3. The van der Waals surface area contributed by atoms with E-state index in [1.165, 1.54) is 45.3 Å². The third-order valence-corrected chi connectivity index (χ3v) is 3.76. The van der Waals surface area contributed by atoms with E-state index in [2.05, 4.69) is 56.4 Å². The van der Waals surface area contributed by atoms with Crippen LogP contribution in [-0.4, -0.2) is 24.5 Å². The van der Waals surface area contributed by atoms with Crippen molar-refractivity contribution in [2.45, 2.75) is 53.4 Å². The standard InChI is InChI=1S/C14H24N2.C3H8/c1-3-14-11-16(8-6-12(14)2)10-13-5-4-7-15-9-13;1-3-2/h6,8,11-13,15H,3-5,7,9-10H2,1-2H3;3H2,1-2H3/t12?,13-;/m1./s1. The Morgan fingerprint density at radius 3 is 2.63 bits per heavy atom. The molecule has 0 amide bonds. The highest BCUT2D eigenvalue weighted by Crippen LogP contribution is 2.23. The molecular weight excluding hydrogens is 232 g/mol. The Morgan fingerprint density at radius 2 is 2.05 bits per heavy atom. The molecule has 2 aliphatic heterocycles. The van der Waals surface area contributed by atoms with Gasteiger partial charge < -0.3 is 10.2 Å². The molecule has 0 aromatic rings. The highest BCUT2D eigenvalue weighted by molar-refractivity contribution is 5.17. The lowest BCUT2D eigenvalue weighted by atomic mass is 9.95. The van der Waals surface area contributed by atoms with E-state index in [9.17, 15) is 0 Å². The van der Waals surface area contributed by atoms with Crippen LogP contribution in [0.15, 0.2) is 24.0 Å². The highest BCUT2D eigenvalue weighted by Gasteiger charge is 2.17. The second-order valence-corrected chi connectivity index (χ2v) is 5.80. The maximum absolute atomic E-state index is 3.49. The highest BCUT2D eigenvalue weighted by atomic mass is 15.1. The van der Waals surface area contributed by atoms with E-state index in [-0.39, 0.29) is 0 Å². The Hall–Kier alpha value is -0.760. The van der Waals surface area contributed by atoms with Gasteiger partial charge in [0.05, 0.1) is 0 Å². The fraction of sp³-hybridized carbons (Fsp3) is 0.765. The quantitative estimate of drug-likeness (QED) is 0.823. The molecule has 1 N–H and O–H groups in total. The molecule has 0 radical (unpaired) electrons. The molecule has 0 saturated carbocycles. The number of hydrogen-bond acceptors (Lipinski definition) is 2. The Balaban J connectivity index is 0.000000550. The van der Waals surface area contributed by atoms with Crippen LogP contribution in [0.2, 0.25) is 0 Å². The lowest BCUT2D eigenvalue weighted by Gasteiger charge is -2.30. The van der Waals surface area contributed by atoms with E-state index in [0.29, 0.717) is 5.92 Å².